The number of likely N-dealkylation sites (tertiary alicyclic amines) is 1. The molecular weight excluding hydrogens is 383 g/mol. The number of ether oxygens (including phenoxy) is 3. The summed E-state index contributed by atoms with van der Waals surface area (Å²) in [6.07, 6.45) is 1.44. The van der Waals surface area contributed by atoms with Gasteiger partial charge < -0.3 is 19.1 Å². The van der Waals surface area contributed by atoms with Crippen molar-refractivity contribution >= 4 is 27.5 Å². The maximum atomic E-state index is 13.3. The fraction of sp³-hybridized carbons (Fsp3) is 0.300. The first-order valence-electron chi connectivity index (χ1n) is 9.07. The molecule has 6 nitrogen and oxygen atoms in total. The van der Waals surface area contributed by atoms with E-state index in [0.29, 0.717) is 35.3 Å². The maximum absolute atomic E-state index is 13.3. The van der Waals surface area contributed by atoms with Crippen LogP contribution in [-0.2, 0) is 0 Å². The lowest BCUT2D eigenvalue weighted by molar-refractivity contribution is 0.0595. The van der Waals surface area contributed by atoms with Gasteiger partial charge in [-0.05, 0) is 36.4 Å². The van der Waals surface area contributed by atoms with Gasteiger partial charge in [-0.25, -0.2) is 9.37 Å². The molecule has 0 bridgehead atoms. The molecule has 0 N–H and O–H groups in total. The first-order chi connectivity index (χ1) is 13.7. The van der Waals surface area contributed by atoms with E-state index in [1.54, 1.807) is 24.3 Å². The normalized spacial score (nSPS) is 16.5. The van der Waals surface area contributed by atoms with Crippen molar-refractivity contribution in [3.05, 3.63) is 47.8 Å². The minimum Gasteiger partial charge on any atom is -0.467 e. The highest BCUT2D eigenvalue weighted by atomic mass is 32.1. The third-order valence-corrected chi connectivity index (χ3v) is 5.86. The maximum Gasteiger partial charge on any atom is 0.274 e. The number of fused-ring (bicyclic) bond motifs is 2. The summed E-state index contributed by atoms with van der Waals surface area (Å²) in [5.41, 5.74) is 1.33. The summed E-state index contributed by atoms with van der Waals surface area (Å²) >= 11 is 1.34. The second kappa shape index (κ2) is 6.94. The van der Waals surface area contributed by atoms with Gasteiger partial charge in [0.1, 0.15) is 11.9 Å². The number of nitrogens with zero attached hydrogens (tertiary/aromatic N) is 2. The second-order valence-electron chi connectivity index (χ2n) is 6.77. The third kappa shape index (κ3) is 3.24. The van der Waals surface area contributed by atoms with E-state index in [4.69, 9.17) is 14.2 Å². The number of piperidine rings is 1. The number of carbonyl (C=O) groups excluding carboxylic acids is 1. The van der Waals surface area contributed by atoms with Gasteiger partial charge in [0, 0.05) is 31.5 Å². The summed E-state index contributed by atoms with van der Waals surface area (Å²) in [4.78, 5) is 19.0. The molecule has 0 saturated carbocycles. The summed E-state index contributed by atoms with van der Waals surface area (Å²) in [6, 6.07) is 9.77. The van der Waals surface area contributed by atoms with Crippen LogP contribution in [0.4, 0.5) is 4.39 Å². The number of rotatable bonds is 3. The predicted octanol–water partition coefficient (Wildman–Crippen LogP) is 3.85. The van der Waals surface area contributed by atoms with Crippen LogP contribution in [0.2, 0.25) is 0 Å². The molecule has 2 aliphatic heterocycles. The Hall–Kier alpha value is -2.87. The smallest absolute Gasteiger partial charge is 0.274 e. The Morgan fingerprint density at radius 2 is 1.96 bits per heavy atom. The molecule has 5 rings (SSSR count). The molecule has 0 radical (unpaired) electrons. The van der Waals surface area contributed by atoms with Crippen molar-refractivity contribution in [3.8, 4) is 16.7 Å². The van der Waals surface area contributed by atoms with Gasteiger partial charge in [-0.3, -0.25) is 4.79 Å². The van der Waals surface area contributed by atoms with Gasteiger partial charge in [0.25, 0.3) is 11.1 Å². The molecule has 3 heterocycles. The molecule has 0 aliphatic carbocycles. The Kier molecular flexibility index (Phi) is 4.27. The van der Waals surface area contributed by atoms with Crippen LogP contribution in [0.3, 0.4) is 0 Å². The molecule has 2 aliphatic rings. The highest BCUT2D eigenvalue weighted by Gasteiger charge is 2.26. The van der Waals surface area contributed by atoms with Crippen LogP contribution in [0.1, 0.15) is 23.2 Å². The summed E-state index contributed by atoms with van der Waals surface area (Å²) < 4.78 is 30.7. The number of thiazole rings is 1. The van der Waals surface area contributed by atoms with Crippen molar-refractivity contribution in [1.82, 2.24) is 9.88 Å². The van der Waals surface area contributed by atoms with Crippen molar-refractivity contribution in [2.45, 2.75) is 18.9 Å². The minimum atomic E-state index is -0.280. The molecule has 0 spiro atoms. The topological polar surface area (TPSA) is 60.9 Å². The Morgan fingerprint density at radius 3 is 2.82 bits per heavy atom. The molecule has 1 aromatic heterocycles. The van der Waals surface area contributed by atoms with Gasteiger partial charge in [-0.15, -0.1) is 0 Å². The predicted molar refractivity (Wildman–Crippen MR) is 102 cm³/mol. The third-order valence-electron chi connectivity index (χ3n) is 4.95. The fourth-order valence-corrected chi connectivity index (χ4v) is 4.37. The number of amides is 1. The van der Waals surface area contributed by atoms with E-state index < -0.39 is 0 Å². The van der Waals surface area contributed by atoms with Crippen molar-refractivity contribution < 1.29 is 23.4 Å². The average molecular weight is 400 g/mol. The number of aromatic nitrogens is 1. The first-order valence-corrected chi connectivity index (χ1v) is 9.89. The highest BCUT2D eigenvalue weighted by Crippen LogP contribution is 2.33. The summed E-state index contributed by atoms with van der Waals surface area (Å²) in [7, 11) is 0. The minimum absolute atomic E-state index is 0.00814. The Balaban J connectivity index is 1.21. The van der Waals surface area contributed by atoms with Gasteiger partial charge in [-0.1, -0.05) is 11.3 Å². The molecule has 1 amide bonds. The Labute approximate surface area is 164 Å². The quantitative estimate of drug-likeness (QED) is 0.668. The molecule has 0 atom stereocenters. The van der Waals surface area contributed by atoms with Gasteiger partial charge in [0.05, 0.1) is 10.2 Å². The number of benzene rings is 2. The van der Waals surface area contributed by atoms with E-state index in [-0.39, 0.29) is 24.6 Å². The molecule has 2 aromatic carbocycles. The molecule has 28 heavy (non-hydrogen) atoms. The zero-order chi connectivity index (χ0) is 19.1. The zero-order valence-electron chi connectivity index (χ0n) is 14.9. The van der Waals surface area contributed by atoms with E-state index >= 15 is 0 Å². The van der Waals surface area contributed by atoms with E-state index in [1.165, 1.54) is 23.5 Å². The lowest BCUT2D eigenvalue weighted by Gasteiger charge is -2.31. The largest absolute Gasteiger partial charge is 0.467 e. The molecule has 3 aromatic rings. The van der Waals surface area contributed by atoms with Crippen LogP contribution in [0.25, 0.3) is 10.2 Å². The first kappa shape index (κ1) is 17.2. The Bertz CT molecular complexity index is 1050. The summed E-state index contributed by atoms with van der Waals surface area (Å²) in [5.74, 6) is 0.973. The molecule has 144 valence electrons. The number of hydrogen-bond acceptors (Lipinski definition) is 6. The van der Waals surface area contributed by atoms with Gasteiger partial charge in [0.2, 0.25) is 6.79 Å². The average Bonchev–Trinajstić information content (AvgIpc) is 3.33. The SMILES string of the molecule is O=C(c1ccc2c(c1)OCO2)N1CCC(Oc2nc3ccc(F)cc3s2)CC1. The molecule has 8 heteroatoms. The summed E-state index contributed by atoms with van der Waals surface area (Å²) in [6.45, 7) is 1.41. The van der Waals surface area contributed by atoms with Crippen molar-refractivity contribution in [2.75, 3.05) is 19.9 Å². The molecule has 0 unspecified atom stereocenters. The fourth-order valence-electron chi connectivity index (χ4n) is 3.46. The zero-order valence-corrected chi connectivity index (χ0v) is 15.7. The number of halogens is 1. The lowest BCUT2D eigenvalue weighted by Crippen LogP contribution is -2.41. The van der Waals surface area contributed by atoms with Crippen molar-refractivity contribution in [2.24, 2.45) is 0 Å². The number of carbonyl (C=O) groups is 1. The highest BCUT2D eigenvalue weighted by molar-refractivity contribution is 7.20. The van der Waals surface area contributed by atoms with Crippen LogP contribution in [0.5, 0.6) is 16.7 Å². The summed E-state index contributed by atoms with van der Waals surface area (Å²) in [5, 5.41) is 0.543. The Morgan fingerprint density at radius 1 is 1.14 bits per heavy atom. The lowest BCUT2D eigenvalue weighted by atomic mass is 10.1. The van der Waals surface area contributed by atoms with E-state index in [1.807, 2.05) is 4.90 Å². The van der Waals surface area contributed by atoms with Crippen molar-refractivity contribution in [1.29, 1.82) is 0 Å². The second-order valence-corrected chi connectivity index (χ2v) is 7.76. The molecule has 1 fully saturated rings. The van der Waals surface area contributed by atoms with E-state index in [2.05, 4.69) is 4.98 Å². The van der Waals surface area contributed by atoms with E-state index in [9.17, 15) is 9.18 Å². The van der Waals surface area contributed by atoms with Crippen LogP contribution in [0, 0.1) is 5.82 Å². The van der Waals surface area contributed by atoms with Gasteiger partial charge in [-0.2, -0.15) is 0 Å². The number of hydrogen-bond donors (Lipinski definition) is 0. The van der Waals surface area contributed by atoms with Crippen LogP contribution < -0.4 is 14.2 Å². The van der Waals surface area contributed by atoms with Gasteiger partial charge >= 0.3 is 0 Å². The molecule has 1 saturated heterocycles. The van der Waals surface area contributed by atoms with Gasteiger partial charge in [0.15, 0.2) is 11.5 Å². The van der Waals surface area contributed by atoms with Crippen LogP contribution >= 0.6 is 11.3 Å². The molecular formula is C20H17FN2O4S. The monoisotopic (exact) mass is 400 g/mol. The van der Waals surface area contributed by atoms with Crippen LogP contribution in [0.15, 0.2) is 36.4 Å². The van der Waals surface area contributed by atoms with Crippen molar-refractivity contribution in [3.63, 3.8) is 0 Å². The standard InChI is InChI=1S/C20H17FN2O4S/c21-13-2-3-15-18(10-13)28-20(22-15)27-14-5-7-23(8-6-14)19(24)12-1-4-16-17(9-12)26-11-25-16/h1-4,9-10,14H,5-8,11H2. The van der Waals surface area contributed by atoms with E-state index in [0.717, 1.165) is 23.1 Å². The van der Waals surface area contributed by atoms with Crippen LogP contribution in [-0.4, -0.2) is 41.8 Å².